The van der Waals surface area contributed by atoms with Gasteiger partial charge < -0.3 is 10.4 Å². The van der Waals surface area contributed by atoms with Gasteiger partial charge in [-0.25, -0.2) is 0 Å². The molecule has 0 unspecified atom stereocenters. The maximum atomic E-state index is 10.1. The van der Waals surface area contributed by atoms with E-state index in [9.17, 15) is 5.11 Å². The molecule has 0 amide bonds. The first-order chi connectivity index (χ1) is 7.40. The van der Waals surface area contributed by atoms with Gasteiger partial charge in [0.05, 0.1) is 6.10 Å². The van der Waals surface area contributed by atoms with Crippen LogP contribution in [-0.4, -0.2) is 17.7 Å². The Hall–Kier alpha value is -0.860. The lowest BCUT2D eigenvalue weighted by atomic mass is 9.95. The molecular weight excluding hydrogens is 198 g/mol. The maximum Gasteiger partial charge on any atom is 0.0940 e. The van der Waals surface area contributed by atoms with Crippen molar-refractivity contribution in [2.75, 3.05) is 6.54 Å². The second-order valence-corrected chi connectivity index (χ2v) is 5.59. The summed E-state index contributed by atoms with van der Waals surface area (Å²) in [4.78, 5) is 0. The molecule has 0 heterocycles. The molecule has 0 saturated carbocycles. The fraction of sp³-hybridized carbons (Fsp3) is 0.571. The monoisotopic (exact) mass is 221 g/mol. The fourth-order valence-electron chi connectivity index (χ4n) is 1.52. The molecular formula is C14H23NO. The molecule has 0 saturated heterocycles. The van der Waals surface area contributed by atoms with Gasteiger partial charge in [0.25, 0.3) is 0 Å². The summed E-state index contributed by atoms with van der Waals surface area (Å²) in [5.74, 6) is 0. The van der Waals surface area contributed by atoms with Crippen molar-refractivity contribution in [3.05, 3.63) is 35.9 Å². The zero-order chi connectivity index (χ0) is 12.2. The third-order valence-corrected chi connectivity index (χ3v) is 2.57. The fourth-order valence-corrected chi connectivity index (χ4v) is 1.52. The minimum absolute atomic E-state index is 0.0709. The number of nitrogens with one attached hydrogen (secondary N) is 1. The molecule has 0 bridgehead atoms. The number of aliphatic hydroxyl groups excluding tert-OH is 1. The molecule has 0 spiro atoms. The summed E-state index contributed by atoms with van der Waals surface area (Å²) in [7, 11) is 0. The van der Waals surface area contributed by atoms with E-state index in [4.69, 9.17) is 0 Å². The van der Waals surface area contributed by atoms with Crippen LogP contribution in [0.1, 0.15) is 39.4 Å². The topological polar surface area (TPSA) is 32.3 Å². The van der Waals surface area contributed by atoms with E-state index >= 15 is 0 Å². The Morgan fingerprint density at radius 1 is 1.19 bits per heavy atom. The van der Waals surface area contributed by atoms with E-state index in [1.54, 1.807) is 0 Å². The lowest BCUT2D eigenvalue weighted by Crippen LogP contribution is -2.37. The van der Waals surface area contributed by atoms with Gasteiger partial charge in [0.15, 0.2) is 0 Å². The van der Waals surface area contributed by atoms with Crippen molar-refractivity contribution in [2.24, 2.45) is 5.41 Å². The van der Waals surface area contributed by atoms with Gasteiger partial charge in [-0.3, -0.25) is 0 Å². The van der Waals surface area contributed by atoms with Crippen LogP contribution < -0.4 is 5.32 Å². The van der Waals surface area contributed by atoms with Gasteiger partial charge >= 0.3 is 0 Å². The van der Waals surface area contributed by atoms with E-state index in [0.717, 1.165) is 12.1 Å². The predicted octanol–water partition coefficient (Wildman–Crippen LogP) is 2.74. The zero-order valence-electron chi connectivity index (χ0n) is 10.7. The van der Waals surface area contributed by atoms with Crippen LogP contribution in [0.25, 0.3) is 0 Å². The van der Waals surface area contributed by atoms with Crippen molar-refractivity contribution in [2.45, 2.75) is 39.8 Å². The minimum atomic E-state index is -0.441. The molecule has 0 aliphatic carbocycles. The Bertz CT molecular complexity index is 302. The van der Waals surface area contributed by atoms with E-state index in [0.29, 0.717) is 0 Å². The first-order valence-electron chi connectivity index (χ1n) is 5.86. The number of hydrogen-bond acceptors (Lipinski definition) is 2. The Morgan fingerprint density at radius 2 is 1.75 bits per heavy atom. The van der Waals surface area contributed by atoms with Gasteiger partial charge in [-0.15, -0.1) is 0 Å². The number of benzene rings is 1. The van der Waals surface area contributed by atoms with Crippen molar-refractivity contribution in [3.63, 3.8) is 0 Å². The second-order valence-electron chi connectivity index (χ2n) is 5.59. The highest BCUT2D eigenvalue weighted by molar-refractivity contribution is 5.18. The quantitative estimate of drug-likeness (QED) is 0.819. The molecule has 0 aromatic heterocycles. The minimum Gasteiger partial charge on any atom is -0.387 e. The van der Waals surface area contributed by atoms with Crippen LogP contribution in [0.15, 0.2) is 30.3 Å². The molecule has 0 fully saturated rings. The Morgan fingerprint density at radius 3 is 2.25 bits per heavy atom. The second kappa shape index (κ2) is 5.46. The van der Waals surface area contributed by atoms with Gasteiger partial charge in [0.2, 0.25) is 0 Å². The van der Waals surface area contributed by atoms with E-state index in [2.05, 4.69) is 26.1 Å². The summed E-state index contributed by atoms with van der Waals surface area (Å²) < 4.78 is 0. The first-order valence-corrected chi connectivity index (χ1v) is 5.86. The van der Waals surface area contributed by atoms with Gasteiger partial charge in [-0.1, -0.05) is 51.1 Å². The highest BCUT2D eigenvalue weighted by atomic mass is 16.3. The maximum absolute atomic E-state index is 10.1. The molecule has 1 aromatic rings. The van der Waals surface area contributed by atoms with Crippen LogP contribution in [0.5, 0.6) is 0 Å². The normalized spacial score (nSPS) is 15.8. The molecule has 0 aliphatic heterocycles. The Balaban J connectivity index is 2.52. The zero-order valence-corrected chi connectivity index (χ0v) is 10.7. The molecule has 16 heavy (non-hydrogen) atoms. The van der Waals surface area contributed by atoms with Crippen molar-refractivity contribution < 1.29 is 5.11 Å². The van der Waals surface area contributed by atoms with Crippen molar-refractivity contribution in [1.29, 1.82) is 0 Å². The summed E-state index contributed by atoms with van der Waals surface area (Å²) in [6, 6.07) is 9.86. The SMILES string of the molecule is C[C@@H](NCC(C)(C)C)[C@@H](O)c1ccccc1. The highest BCUT2D eigenvalue weighted by Gasteiger charge is 2.18. The van der Waals surface area contributed by atoms with E-state index in [1.807, 2.05) is 37.3 Å². The van der Waals surface area contributed by atoms with Crippen LogP contribution in [0.3, 0.4) is 0 Å². The van der Waals surface area contributed by atoms with E-state index in [-0.39, 0.29) is 11.5 Å². The van der Waals surface area contributed by atoms with Crippen LogP contribution >= 0.6 is 0 Å². The number of hydrogen-bond donors (Lipinski definition) is 2. The van der Waals surface area contributed by atoms with Crippen molar-refractivity contribution >= 4 is 0 Å². The number of rotatable bonds is 4. The molecule has 1 rings (SSSR count). The molecule has 0 radical (unpaired) electrons. The molecule has 2 heteroatoms. The Labute approximate surface area is 98.7 Å². The van der Waals surface area contributed by atoms with Gasteiger partial charge in [-0.2, -0.15) is 0 Å². The number of aliphatic hydroxyl groups is 1. The smallest absolute Gasteiger partial charge is 0.0940 e. The summed E-state index contributed by atoms with van der Waals surface area (Å²) >= 11 is 0. The molecule has 2 atom stereocenters. The standard InChI is InChI=1S/C14H23NO/c1-11(15-10-14(2,3)4)13(16)12-8-6-5-7-9-12/h5-9,11,13,15-16H,10H2,1-4H3/t11-,13-/m1/s1. The first kappa shape index (κ1) is 13.2. The largest absolute Gasteiger partial charge is 0.387 e. The molecule has 2 N–H and O–H groups in total. The predicted molar refractivity (Wildman–Crippen MR) is 68.3 cm³/mol. The van der Waals surface area contributed by atoms with Crippen molar-refractivity contribution in [3.8, 4) is 0 Å². The van der Waals surface area contributed by atoms with Gasteiger partial charge in [0, 0.05) is 12.6 Å². The third-order valence-electron chi connectivity index (χ3n) is 2.57. The van der Waals surface area contributed by atoms with Crippen LogP contribution in [0, 0.1) is 5.41 Å². The lowest BCUT2D eigenvalue weighted by Gasteiger charge is -2.26. The van der Waals surface area contributed by atoms with E-state index in [1.165, 1.54) is 0 Å². The van der Waals surface area contributed by atoms with Crippen LogP contribution in [-0.2, 0) is 0 Å². The average Bonchev–Trinajstić information content (AvgIpc) is 2.25. The average molecular weight is 221 g/mol. The lowest BCUT2D eigenvalue weighted by molar-refractivity contribution is 0.130. The summed E-state index contributed by atoms with van der Waals surface area (Å²) in [5.41, 5.74) is 1.21. The van der Waals surface area contributed by atoms with Gasteiger partial charge in [-0.05, 0) is 17.9 Å². The summed E-state index contributed by atoms with van der Waals surface area (Å²) in [5, 5.41) is 13.5. The Kier molecular flexibility index (Phi) is 4.51. The molecule has 0 aliphatic rings. The van der Waals surface area contributed by atoms with Crippen LogP contribution in [0.4, 0.5) is 0 Å². The van der Waals surface area contributed by atoms with Gasteiger partial charge in [0.1, 0.15) is 0 Å². The molecule has 1 aromatic carbocycles. The van der Waals surface area contributed by atoms with Crippen LogP contribution in [0.2, 0.25) is 0 Å². The highest BCUT2D eigenvalue weighted by Crippen LogP contribution is 2.17. The molecule has 90 valence electrons. The summed E-state index contributed by atoms with van der Waals surface area (Å²) in [6.07, 6.45) is -0.441. The van der Waals surface area contributed by atoms with E-state index < -0.39 is 6.10 Å². The van der Waals surface area contributed by atoms with Crippen molar-refractivity contribution in [1.82, 2.24) is 5.32 Å². The third kappa shape index (κ3) is 4.33. The molecule has 2 nitrogen and oxygen atoms in total. The summed E-state index contributed by atoms with van der Waals surface area (Å²) in [6.45, 7) is 9.46.